The molecule has 7 heteroatoms. The molecule has 2 N–H and O–H groups in total. The zero-order valence-corrected chi connectivity index (χ0v) is 12.7. The van der Waals surface area contributed by atoms with E-state index < -0.39 is 0 Å². The second kappa shape index (κ2) is 7.37. The summed E-state index contributed by atoms with van der Waals surface area (Å²) in [4.78, 5) is 4.31. The van der Waals surface area contributed by atoms with E-state index in [2.05, 4.69) is 26.1 Å². The van der Waals surface area contributed by atoms with Crippen LogP contribution in [0.3, 0.4) is 0 Å². The largest absolute Gasteiger partial charge is 0.397 e. The van der Waals surface area contributed by atoms with Crippen LogP contribution < -0.4 is 5.73 Å². The molecule has 0 bridgehead atoms. The van der Waals surface area contributed by atoms with Gasteiger partial charge in [0.25, 0.3) is 5.89 Å². The molecule has 0 atom stereocenters. The fourth-order valence-corrected chi connectivity index (χ4v) is 1.96. The van der Waals surface area contributed by atoms with Crippen LogP contribution in [0, 0.1) is 0 Å². The highest BCUT2D eigenvalue weighted by Crippen LogP contribution is 2.30. The monoisotopic (exact) mass is 341 g/mol. The van der Waals surface area contributed by atoms with Crippen molar-refractivity contribution < 1.29 is 14.0 Å². The third kappa shape index (κ3) is 3.78. The Morgan fingerprint density at radius 2 is 2.15 bits per heavy atom. The Bertz CT molecular complexity index is 560. The average molecular weight is 342 g/mol. The third-order valence-electron chi connectivity index (χ3n) is 2.65. The van der Waals surface area contributed by atoms with Gasteiger partial charge in [-0.2, -0.15) is 4.98 Å². The van der Waals surface area contributed by atoms with E-state index in [4.69, 9.17) is 19.7 Å². The van der Waals surface area contributed by atoms with E-state index in [1.54, 1.807) is 7.11 Å². The normalized spacial score (nSPS) is 10.9. The Labute approximate surface area is 125 Å². The first-order valence-corrected chi connectivity index (χ1v) is 6.95. The summed E-state index contributed by atoms with van der Waals surface area (Å²) < 4.78 is 16.3. The topological polar surface area (TPSA) is 83.4 Å². The van der Waals surface area contributed by atoms with Crippen LogP contribution in [-0.2, 0) is 15.9 Å². The molecule has 108 valence electrons. The van der Waals surface area contributed by atoms with Crippen molar-refractivity contribution in [1.82, 2.24) is 10.1 Å². The van der Waals surface area contributed by atoms with Gasteiger partial charge in [-0.3, -0.25) is 0 Å². The number of hydrogen-bond acceptors (Lipinski definition) is 6. The summed E-state index contributed by atoms with van der Waals surface area (Å²) in [6, 6.07) is 5.57. The van der Waals surface area contributed by atoms with E-state index in [0.29, 0.717) is 43.6 Å². The number of aromatic nitrogens is 2. The molecule has 0 radical (unpaired) electrons. The number of halogens is 1. The zero-order valence-electron chi connectivity index (χ0n) is 11.1. The molecule has 0 aliphatic heterocycles. The number of methoxy groups -OCH3 is 1. The van der Waals surface area contributed by atoms with E-state index in [1.165, 1.54) is 0 Å². The zero-order chi connectivity index (χ0) is 14.4. The molecule has 0 saturated heterocycles. The summed E-state index contributed by atoms with van der Waals surface area (Å²) in [6.45, 7) is 1.65. The van der Waals surface area contributed by atoms with Gasteiger partial charge < -0.3 is 19.7 Å². The number of nitrogens with zero attached hydrogens (tertiary/aromatic N) is 2. The number of ether oxygens (including phenoxy) is 2. The van der Waals surface area contributed by atoms with Crippen molar-refractivity contribution in [3.8, 4) is 11.5 Å². The van der Waals surface area contributed by atoms with E-state index in [-0.39, 0.29) is 0 Å². The van der Waals surface area contributed by atoms with E-state index in [1.807, 2.05) is 18.2 Å². The minimum absolute atomic E-state index is 0.413. The fraction of sp³-hybridized carbons (Fsp3) is 0.385. The van der Waals surface area contributed by atoms with E-state index >= 15 is 0 Å². The van der Waals surface area contributed by atoms with Crippen LogP contribution in [0.1, 0.15) is 5.82 Å². The van der Waals surface area contributed by atoms with Crippen LogP contribution in [0.15, 0.2) is 27.2 Å². The van der Waals surface area contributed by atoms with Crippen molar-refractivity contribution in [3.63, 3.8) is 0 Å². The summed E-state index contributed by atoms with van der Waals surface area (Å²) in [5, 5.41) is 3.91. The summed E-state index contributed by atoms with van der Waals surface area (Å²) >= 11 is 3.37. The van der Waals surface area contributed by atoms with Crippen LogP contribution >= 0.6 is 15.9 Å². The lowest BCUT2D eigenvalue weighted by Gasteiger charge is -2.02. The average Bonchev–Trinajstić information content (AvgIpc) is 2.90. The highest BCUT2D eigenvalue weighted by Gasteiger charge is 2.13. The first-order valence-electron chi connectivity index (χ1n) is 6.16. The molecule has 1 aromatic heterocycles. The van der Waals surface area contributed by atoms with Gasteiger partial charge in [0.05, 0.1) is 31.1 Å². The minimum atomic E-state index is 0.413. The van der Waals surface area contributed by atoms with Crippen molar-refractivity contribution >= 4 is 21.6 Å². The van der Waals surface area contributed by atoms with Crippen molar-refractivity contribution in [3.05, 3.63) is 28.5 Å². The fourth-order valence-electron chi connectivity index (χ4n) is 1.60. The maximum Gasteiger partial charge on any atom is 0.260 e. The van der Waals surface area contributed by atoms with Gasteiger partial charge in [-0.15, -0.1) is 0 Å². The number of benzene rings is 1. The molecule has 1 heterocycles. The predicted octanol–water partition coefficient (Wildman–Crippen LogP) is 2.29. The SMILES string of the molecule is COCCOCCc1noc(-c2cccc(Br)c2N)n1. The van der Waals surface area contributed by atoms with Crippen LogP contribution in [0.25, 0.3) is 11.5 Å². The smallest absolute Gasteiger partial charge is 0.260 e. The molecular formula is C13H16BrN3O3. The Morgan fingerprint density at radius 3 is 2.95 bits per heavy atom. The molecule has 2 rings (SSSR count). The first-order chi connectivity index (χ1) is 9.72. The Kier molecular flexibility index (Phi) is 5.51. The lowest BCUT2D eigenvalue weighted by atomic mass is 10.2. The molecule has 0 spiro atoms. The number of rotatable bonds is 7. The second-order valence-electron chi connectivity index (χ2n) is 4.07. The highest BCUT2D eigenvalue weighted by molar-refractivity contribution is 9.10. The Hall–Kier alpha value is -1.44. The van der Waals surface area contributed by atoms with Crippen molar-refractivity contribution in [2.24, 2.45) is 0 Å². The standard InChI is InChI=1S/C13H16BrN3O3/c1-18-7-8-19-6-5-11-16-13(20-17-11)9-3-2-4-10(14)12(9)15/h2-4H,5-8,15H2,1H3. The molecule has 6 nitrogen and oxygen atoms in total. The van der Waals surface area contributed by atoms with Gasteiger partial charge in [0.15, 0.2) is 5.82 Å². The molecule has 1 aromatic carbocycles. The van der Waals surface area contributed by atoms with Crippen molar-refractivity contribution in [2.45, 2.75) is 6.42 Å². The van der Waals surface area contributed by atoms with Gasteiger partial charge in [-0.1, -0.05) is 11.2 Å². The molecule has 0 aliphatic rings. The molecule has 0 amide bonds. The molecule has 0 aliphatic carbocycles. The maximum atomic E-state index is 5.97. The summed E-state index contributed by atoms with van der Waals surface area (Å²) in [5.41, 5.74) is 7.27. The Balaban J connectivity index is 1.97. The van der Waals surface area contributed by atoms with Crippen LogP contribution in [0.4, 0.5) is 5.69 Å². The lowest BCUT2D eigenvalue weighted by Crippen LogP contribution is -2.05. The predicted molar refractivity (Wildman–Crippen MR) is 78.2 cm³/mol. The number of hydrogen-bond donors (Lipinski definition) is 1. The number of anilines is 1. The summed E-state index contributed by atoms with van der Waals surface area (Å²) in [5.74, 6) is 1.01. The maximum absolute atomic E-state index is 5.97. The minimum Gasteiger partial charge on any atom is -0.397 e. The summed E-state index contributed by atoms with van der Waals surface area (Å²) in [7, 11) is 1.64. The van der Waals surface area contributed by atoms with Gasteiger partial charge in [-0.25, -0.2) is 0 Å². The van der Waals surface area contributed by atoms with E-state index in [0.717, 1.165) is 10.0 Å². The van der Waals surface area contributed by atoms with Gasteiger partial charge in [0.2, 0.25) is 0 Å². The van der Waals surface area contributed by atoms with Gasteiger partial charge >= 0.3 is 0 Å². The first kappa shape index (κ1) is 15.0. The van der Waals surface area contributed by atoms with Gasteiger partial charge in [0.1, 0.15) is 0 Å². The van der Waals surface area contributed by atoms with Crippen LogP contribution in [-0.4, -0.2) is 37.1 Å². The number of nitrogen functional groups attached to an aromatic ring is 1. The quantitative estimate of drug-likeness (QED) is 0.614. The van der Waals surface area contributed by atoms with Gasteiger partial charge in [-0.05, 0) is 28.1 Å². The number of para-hydroxylation sites is 1. The van der Waals surface area contributed by atoms with Crippen LogP contribution in [0.2, 0.25) is 0 Å². The third-order valence-corrected chi connectivity index (χ3v) is 3.34. The Morgan fingerprint density at radius 1 is 1.30 bits per heavy atom. The molecule has 0 saturated carbocycles. The summed E-state index contributed by atoms with van der Waals surface area (Å²) in [6.07, 6.45) is 0.584. The lowest BCUT2D eigenvalue weighted by molar-refractivity contribution is 0.0714. The second-order valence-corrected chi connectivity index (χ2v) is 4.93. The van der Waals surface area contributed by atoms with Gasteiger partial charge in [0, 0.05) is 18.0 Å². The molecule has 0 unspecified atom stereocenters. The number of nitrogens with two attached hydrogens (primary N) is 1. The molecule has 20 heavy (non-hydrogen) atoms. The van der Waals surface area contributed by atoms with E-state index in [9.17, 15) is 0 Å². The van der Waals surface area contributed by atoms with Crippen molar-refractivity contribution in [2.75, 3.05) is 32.7 Å². The highest BCUT2D eigenvalue weighted by atomic mass is 79.9. The molecular weight excluding hydrogens is 326 g/mol. The molecule has 2 aromatic rings. The van der Waals surface area contributed by atoms with Crippen molar-refractivity contribution in [1.29, 1.82) is 0 Å². The molecule has 0 fully saturated rings. The van der Waals surface area contributed by atoms with Crippen LogP contribution in [0.5, 0.6) is 0 Å².